The van der Waals surface area contributed by atoms with Crippen molar-refractivity contribution in [3.8, 4) is 6.07 Å². The molecule has 1 aromatic rings. The Morgan fingerprint density at radius 1 is 1.56 bits per heavy atom. The summed E-state index contributed by atoms with van der Waals surface area (Å²) in [6.45, 7) is 0. The standard InChI is InChI=1S/C13H14FN3O/c14-11-3-2-10(6-9(11)8-15)17-12(18)7-13(16)4-1-5-13/h2-3,6H,1,4-5,7,16H2,(H,17,18). The molecule has 1 aliphatic rings. The number of nitrogens with two attached hydrogens (primary N) is 1. The normalized spacial score (nSPS) is 16.5. The monoisotopic (exact) mass is 247 g/mol. The molecule has 2 rings (SSSR count). The predicted molar refractivity (Wildman–Crippen MR) is 65.1 cm³/mol. The van der Waals surface area contributed by atoms with E-state index in [9.17, 15) is 9.18 Å². The van der Waals surface area contributed by atoms with Crippen LogP contribution in [0.15, 0.2) is 18.2 Å². The Kier molecular flexibility index (Phi) is 3.30. The van der Waals surface area contributed by atoms with Gasteiger partial charge in [0, 0.05) is 17.6 Å². The number of carbonyl (C=O) groups excluding carboxylic acids is 1. The average Bonchev–Trinajstić information content (AvgIpc) is 2.29. The molecule has 94 valence electrons. The van der Waals surface area contributed by atoms with E-state index in [0.29, 0.717) is 5.69 Å². The SMILES string of the molecule is N#Cc1cc(NC(=O)CC2(N)CCC2)ccc1F. The number of benzene rings is 1. The fourth-order valence-electron chi connectivity index (χ4n) is 2.02. The molecule has 0 saturated heterocycles. The maximum Gasteiger partial charge on any atom is 0.226 e. The Bertz CT molecular complexity index is 517. The summed E-state index contributed by atoms with van der Waals surface area (Å²) < 4.78 is 13.1. The van der Waals surface area contributed by atoms with Crippen molar-refractivity contribution in [2.75, 3.05) is 5.32 Å². The van der Waals surface area contributed by atoms with Crippen LogP contribution in [0, 0.1) is 17.1 Å². The lowest BCUT2D eigenvalue weighted by molar-refractivity contribution is -0.118. The third-order valence-corrected chi connectivity index (χ3v) is 3.23. The van der Waals surface area contributed by atoms with Crippen molar-refractivity contribution in [2.24, 2.45) is 5.73 Å². The first kappa shape index (κ1) is 12.5. The smallest absolute Gasteiger partial charge is 0.226 e. The second-order valence-corrected chi connectivity index (χ2v) is 4.75. The summed E-state index contributed by atoms with van der Waals surface area (Å²) in [6.07, 6.45) is 3.02. The Hall–Kier alpha value is -1.93. The molecular weight excluding hydrogens is 233 g/mol. The fraction of sp³-hybridized carbons (Fsp3) is 0.385. The number of carbonyl (C=O) groups is 1. The zero-order valence-corrected chi connectivity index (χ0v) is 9.87. The highest BCUT2D eigenvalue weighted by Gasteiger charge is 2.34. The van der Waals surface area contributed by atoms with Crippen molar-refractivity contribution in [3.05, 3.63) is 29.6 Å². The lowest BCUT2D eigenvalue weighted by atomic mass is 9.75. The van der Waals surface area contributed by atoms with Gasteiger partial charge in [-0.1, -0.05) is 0 Å². The van der Waals surface area contributed by atoms with Gasteiger partial charge in [0.25, 0.3) is 0 Å². The molecule has 0 aromatic heterocycles. The number of hydrogen-bond acceptors (Lipinski definition) is 3. The minimum Gasteiger partial charge on any atom is -0.326 e. The summed E-state index contributed by atoms with van der Waals surface area (Å²) in [5.41, 5.74) is 5.91. The molecule has 0 bridgehead atoms. The van der Waals surface area contributed by atoms with Crippen molar-refractivity contribution >= 4 is 11.6 Å². The zero-order chi connectivity index (χ0) is 13.2. The number of nitrogens with zero attached hydrogens (tertiary/aromatic N) is 1. The number of amides is 1. The van der Waals surface area contributed by atoms with Gasteiger partial charge in [-0.05, 0) is 37.5 Å². The van der Waals surface area contributed by atoms with Crippen LogP contribution in [0.3, 0.4) is 0 Å². The van der Waals surface area contributed by atoms with Crippen molar-refractivity contribution in [2.45, 2.75) is 31.2 Å². The summed E-state index contributed by atoms with van der Waals surface area (Å²) in [6, 6.07) is 5.64. The average molecular weight is 247 g/mol. The maximum atomic E-state index is 13.1. The molecule has 1 aliphatic carbocycles. The van der Waals surface area contributed by atoms with Gasteiger partial charge >= 0.3 is 0 Å². The topological polar surface area (TPSA) is 78.9 Å². The summed E-state index contributed by atoms with van der Waals surface area (Å²) in [5.74, 6) is -0.794. The van der Waals surface area contributed by atoms with Gasteiger partial charge in [0.2, 0.25) is 5.91 Å². The molecule has 0 heterocycles. The van der Waals surface area contributed by atoms with Gasteiger partial charge < -0.3 is 11.1 Å². The van der Waals surface area contributed by atoms with Gasteiger partial charge in [-0.25, -0.2) is 4.39 Å². The second-order valence-electron chi connectivity index (χ2n) is 4.75. The first-order valence-electron chi connectivity index (χ1n) is 5.81. The molecule has 3 N–H and O–H groups in total. The summed E-state index contributed by atoms with van der Waals surface area (Å²) in [7, 11) is 0. The second kappa shape index (κ2) is 4.75. The van der Waals surface area contributed by atoms with E-state index in [1.165, 1.54) is 12.1 Å². The van der Waals surface area contributed by atoms with Gasteiger partial charge in [-0.15, -0.1) is 0 Å². The minimum atomic E-state index is -0.593. The van der Waals surface area contributed by atoms with Crippen LogP contribution in [0.25, 0.3) is 0 Å². The molecule has 0 radical (unpaired) electrons. The van der Waals surface area contributed by atoms with Crippen LogP contribution >= 0.6 is 0 Å². The molecule has 1 saturated carbocycles. The molecule has 0 atom stereocenters. The van der Waals surface area contributed by atoms with E-state index >= 15 is 0 Å². The minimum absolute atomic E-state index is 0.0843. The molecule has 5 heteroatoms. The van der Waals surface area contributed by atoms with E-state index in [4.69, 9.17) is 11.0 Å². The molecule has 1 amide bonds. The molecule has 0 spiro atoms. The zero-order valence-electron chi connectivity index (χ0n) is 9.87. The van der Waals surface area contributed by atoms with E-state index in [1.54, 1.807) is 6.07 Å². The van der Waals surface area contributed by atoms with Crippen LogP contribution in [0.4, 0.5) is 10.1 Å². The fourth-order valence-corrected chi connectivity index (χ4v) is 2.02. The summed E-state index contributed by atoms with van der Waals surface area (Å²) >= 11 is 0. The first-order chi connectivity index (χ1) is 8.52. The predicted octanol–water partition coefficient (Wildman–Crippen LogP) is 1.91. The number of hydrogen-bond donors (Lipinski definition) is 2. The number of nitriles is 1. The van der Waals surface area contributed by atoms with E-state index in [0.717, 1.165) is 25.3 Å². The molecule has 0 aliphatic heterocycles. The summed E-state index contributed by atoms with van der Waals surface area (Å²) in [4.78, 5) is 11.7. The molecule has 1 fully saturated rings. The van der Waals surface area contributed by atoms with Gasteiger partial charge in [-0.2, -0.15) is 5.26 Å². The Morgan fingerprint density at radius 2 is 2.28 bits per heavy atom. The van der Waals surface area contributed by atoms with Gasteiger partial charge in [0.15, 0.2) is 0 Å². The highest BCUT2D eigenvalue weighted by Crippen LogP contribution is 2.32. The Morgan fingerprint density at radius 3 is 2.83 bits per heavy atom. The van der Waals surface area contributed by atoms with Crippen LogP contribution in [-0.4, -0.2) is 11.4 Å². The number of halogens is 1. The van der Waals surface area contributed by atoms with Crippen LogP contribution in [0.2, 0.25) is 0 Å². The van der Waals surface area contributed by atoms with E-state index in [2.05, 4.69) is 5.32 Å². The van der Waals surface area contributed by atoms with Gasteiger partial charge in [0.1, 0.15) is 11.9 Å². The number of anilines is 1. The Labute approximate surface area is 105 Å². The number of rotatable bonds is 3. The van der Waals surface area contributed by atoms with Crippen molar-refractivity contribution < 1.29 is 9.18 Å². The molecule has 1 aromatic carbocycles. The molecule has 0 unspecified atom stereocenters. The molecule has 18 heavy (non-hydrogen) atoms. The van der Waals surface area contributed by atoms with Crippen molar-refractivity contribution in [1.82, 2.24) is 0 Å². The lowest BCUT2D eigenvalue weighted by Gasteiger charge is -2.37. The third kappa shape index (κ3) is 2.66. The van der Waals surface area contributed by atoms with Crippen LogP contribution in [0.1, 0.15) is 31.2 Å². The van der Waals surface area contributed by atoms with Crippen LogP contribution < -0.4 is 11.1 Å². The lowest BCUT2D eigenvalue weighted by Crippen LogP contribution is -2.48. The van der Waals surface area contributed by atoms with Gasteiger partial charge in [-0.3, -0.25) is 4.79 Å². The number of nitrogens with one attached hydrogen (secondary N) is 1. The summed E-state index contributed by atoms with van der Waals surface area (Å²) in [5, 5.41) is 11.3. The quantitative estimate of drug-likeness (QED) is 0.856. The molecular formula is C13H14FN3O. The van der Waals surface area contributed by atoms with E-state index < -0.39 is 5.82 Å². The van der Waals surface area contributed by atoms with E-state index in [1.807, 2.05) is 0 Å². The van der Waals surface area contributed by atoms with Gasteiger partial charge in [0.05, 0.1) is 5.56 Å². The highest BCUT2D eigenvalue weighted by atomic mass is 19.1. The first-order valence-corrected chi connectivity index (χ1v) is 5.81. The van der Waals surface area contributed by atoms with Crippen LogP contribution in [0.5, 0.6) is 0 Å². The maximum absolute atomic E-state index is 13.1. The Balaban J connectivity index is 2.01. The van der Waals surface area contributed by atoms with Crippen LogP contribution in [-0.2, 0) is 4.79 Å². The third-order valence-electron chi connectivity index (χ3n) is 3.23. The van der Waals surface area contributed by atoms with Crippen molar-refractivity contribution in [3.63, 3.8) is 0 Å². The van der Waals surface area contributed by atoms with Crippen molar-refractivity contribution in [1.29, 1.82) is 5.26 Å². The highest BCUT2D eigenvalue weighted by molar-refractivity contribution is 5.91. The largest absolute Gasteiger partial charge is 0.326 e. The van der Waals surface area contributed by atoms with E-state index in [-0.39, 0.29) is 23.4 Å². The molecule has 4 nitrogen and oxygen atoms in total.